The number of amidine groups is 1. The highest BCUT2D eigenvalue weighted by atomic mass is 32.2. The zero-order chi connectivity index (χ0) is 20.8. The molecule has 29 heavy (non-hydrogen) atoms. The normalized spacial score (nSPS) is 17.0. The minimum atomic E-state index is -0.573. The summed E-state index contributed by atoms with van der Waals surface area (Å²) in [5, 5.41) is 5.35. The van der Waals surface area contributed by atoms with Gasteiger partial charge in [0.15, 0.2) is 5.17 Å². The summed E-state index contributed by atoms with van der Waals surface area (Å²) >= 11 is 1.22. The van der Waals surface area contributed by atoms with E-state index in [0.29, 0.717) is 33.8 Å². The van der Waals surface area contributed by atoms with Crippen LogP contribution in [-0.2, 0) is 9.59 Å². The molecule has 1 aliphatic heterocycles. The molecule has 0 saturated carbocycles. The van der Waals surface area contributed by atoms with E-state index in [1.54, 1.807) is 37.4 Å². The van der Waals surface area contributed by atoms with Crippen LogP contribution in [0.2, 0.25) is 0 Å². The zero-order valence-corrected chi connectivity index (χ0v) is 17.0. The lowest BCUT2D eigenvalue weighted by Gasteiger charge is -2.12. The zero-order valence-electron chi connectivity index (χ0n) is 16.2. The Hall–Kier alpha value is -3.20. The van der Waals surface area contributed by atoms with Crippen molar-refractivity contribution in [3.63, 3.8) is 0 Å². The van der Waals surface area contributed by atoms with Crippen molar-refractivity contribution < 1.29 is 23.8 Å². The molecule has 8 nitrogen and oxygen atoms in total. The van der Waals surface area contributed by atoms with Gasteiger partial charge in [0, 0.05) is 18.6 Å². The molecule has 2 aromatic rings. The number of carbonyl (C=O) groups is 2. The van der Waals surface area contributed by atoms with Gasteiger partial charge in [-0.15, -0.1) is 0 Å². The summed E-state index contributed by atoms with van der Waals surface area (Å²) in [6, 6.07) is 12.3. The minimum absolute atomic E-state index is 0.00596. The van der Waals surface area contributed by atoms with Crippen LogP contribution in [0.3, 0.4) is 0 Å². The van der Waals surface area contributed by atoms with E-state index in [2.05, 4.69) is 15.6 Å². The standard InChI is InChI=1S/C20H21N3O5S/c1-26-13-6-4-5-12(9-13)21-20-23-19(25)17(29-20)11-18(24)22-15-10-14(27-2)7-8-16(15)28-3/h4-10,17H,11H2,1-3H3,(H,22,24)(H,21,23,25)/t17-/m1/s1. The molecule has 0 bridgehead atoms. The van der Waals surface area contributed by atoms with E-state index in [1.165, 1.54) is 26.0 Å². The maximum Gasteiger partial charge on any atom is 0.240 e. The molecule has 1 fully saturated rings. The molecule has 152 valence electrons. The summed E-state index contributed by atoms with van der Waals surface area (Å²) in [4.78, 5) is 29.1. The first kappa shape index (κ1) is 20.5. The van der Waals surface area contributed by atoms with Gasteiger partial charge in [0.25, 0.3) is 0 Å². The van der Waals surface area contributed by atoms with Crippen LogP contribution in [-0.4, -0.2) is 43.6 Å². The summed E-state index contributed by atoms with van der Waals surface area (Å²) < 4.78 is 15.6. The number of carbonyl (C=O) groups excluding carboxylic acids is 2. The highest BCUT2D eigenvalue weighted by molar-refractivity contribution is 8.15. The summed E-state index contributed by atoms with van der Waals surface area (Å²) in [7, 11) is 4.62. The lowest BCUT2D eigenvalue weighted by atomic mass is 10.2. The van der Waals surface area contributed by atoms with Gasteiger partial charge in [0.05, 0.1) is 32.7 Å². The number of amides is 2. The summed E-state index contributed by atoms with van der Waals surface area (Å²) in [5.74, 6) is 1.19. The predicted molar refractivity (Wildman–Crippen MR) is 112 cm³/mol. The first-order valence-electron chi connectivity index (χ1n) is 8.74. The Morgan fingerprint density at radius 2 is 1.86 bits per heavy atom. The molecule has 1 saturated heterocycles. The molecule has 0 aromatic heterocycles. The molecular weight excluding hydrogens is 394 g/mol. The summed E-state index contributed by atoms with van der Waals surface area (Å²) in [6.07, 6.45) is -0.00596. The van der Waals surface area contributed by atoms with Gasteiger partial charge in [0.1, 0.15) is 22.5 Å². The third-order valence-electron chi connectivity index (χ3n) is 4.11. The Labute approximate surface area is 172 Å². The second-order valence-electron chi connectivity index (χ2n) is 6.03. The van der Waals surface area contributed by atoms with Gasteiger partial charge in [-0.3, -0.25) is 9.59 Å². The topological polar surface area (TPSA) is 98.2 Å². The van der Waals surface area contributed by atoms with Gasteiger partial charge in [-0.25, -0.2) is 4.99 Å². The number of methoxy groups -OCH3 is 3. The number of anilines is 1. The Morgan fingerprint density at radius 1 is 1.10 bits per heavy atom. The molecule has 2 N–H and O–H groups in total. The first-order valence-corrected chi connectivity index (χ1v) is 9.62. The highest BCUT2D eigenvalue weighted by Gasteiger charge is 2.32. The molecule has 2 amide bonds. The second-order valence-corrected chi connectivity index (χ2v) is 7.22. The van der Waals surface area contributed by atoms with Crippen molar-refractivity contribution >= 4 is 40.1 Å². The number of benzene rings is 2. The molecule has 0 aliphatic carbocycles. The van der Waals surface area contributed by atoms with Crippen LogP contribution in [0.15, 0.2) is 47.5 Å². The maximum absolute atomic E-state index is 12.5. The van der Waals surface area contributed by atoms with E-state index >= 15 is 0 Å². The van der Waals surface area contributed by atoms with Crippen LogP contribution in [0.25, 0.3) is 0 Å². The van der Waals surface area contributed by atoms with Crippen molar-refractivity contribution in [1.82, 2.24) is 5.32 Å². The van der Waals surface area contributed by atoms with Gasteiger partial charge in [-0.2, -0.15) is 0 Å². The Bertz CT molecular complexity index is 947. The third kappa shape index (κ3) is 5.20. The summed E-state index contributed by atoms with van der Waals surface area (Å²) in [5.41, 5.74) is 1.13. The van der Waals surface area contributed by atoms with Crippen LogP contribution >= 0.6 is 11.8 Å². The van der Waals surface area contributed by atoms with Gasteiger partial charge in [0.2, 0.25) is 11.8 Å². The SMILES string of the molecule is COc1cccc(N=C2NC(=O)[C@@H](CC(=O)Nc3cc(OC)ccc3OC)S2)c1. The fraction of sp³-hybridized carbons (Fsp3) is 0.250. The number of thioether (sulfide) groups is 1. The van der Waals surface area contributed by atoms with E-state index in [-0.39, 0.29) is 18.2 Å². The van der Waals surface area contributed by atoms with E-state index < -0.39 is 5.25 Å². The number of rotatable bonds is 7. The molecule has 1 atom stereocenters. The smallest absolute Gasteiger partial charge is 0.240 e. The predicted octanol–water partition coefficient (Wildman–Crippen LogP) is 2.96. The fourth-order valence-corrected chi connectivity index (χ4v) is 3.66. The van der Waals surface area contributed by atoms with Crippen molar-refractivity contribution in [2.45, 2.75) is 11.7 Å². The van der Waals surface area contributed by atoms with Crippen LogP contribution in [0.1, 0.15) is 6.42 Å². The minimum Gasteiger partial charge on any atom is -0.497 e. The molecule has 0 radical (unpaired) electrons. The van der Waals surface area contributed by atoms with Gasteiger partial charge >= 0.3 is 0 Å². The largest absolute Gasteiger partial charge is 0.497 e. The number of nitrogens with one attached hydrogen (secondary N) is 2. The van der Waals surface area contributed by atoms with Crippen molar-refractivity contribution in [2.75, 3.05) is 26.6 Å². The monoisotopic (exact) mass is 415 g/mol. The Balaban J connectivity index is 1.65. The van der Waals surface area contributed by atoms with Gasteiger partial charge < -0.3 is 24.8 Å². The average Bonchev–Trinajstić information content (AvgIpc) is 3.06. The average molecular weight is 415 g/mol. The molecule has 0 unspecified atom stereocenters. The molecule has 3 rings (SSSR count). The fourth-order valence-electron chi connectivity index (χ4n) is 2.67. The number of ether oxygens (including phenoxy) is 3. The van der Waals surface area contributed by atoms with Crippen LogP contribution in [0, 0.1) is 0 Å². The van der Waals surface area contributed by atoms with Gasteiger partial charge in [-0.1, -0.05) is 17.8 Å². The van der Waals surface area contributed by atoms with E-state index in [1.807, 2.05) is 12.1 Å². The van der Waals surface area contributed by atoms with Crippen molar-refractivity contribution in [1.29, 1.82) is 0 Å². The lowest BCUT2D eigenvalue weighted by Crippen LogP contribution is -2.28. The quantitative estimate of drug-likeness (QED) is 0.722. The van der Waals surface area contributed by atoms with E-state index in [4.69, 9.17) is 14.2 Å². The number of nitrogens with zero attached hydrogens (tertiary/aromatic N) is 1. The Morgan fingerprint density at radius 3 is 2.59 bits per heavy atom. The maximum atomic E-state index is 12.5. The van der Waals surface area contributed by atoms with Gasteiger partial charge in [-0.05, 0) is 24.3 Å². The first-order chi connectivity index (χ1) is 14.0. The van der Waals surface area contributed by atoms with E-state index in [0.717, 1.165) is 0 Å². The lowest BCUT2D eigenvalue weighted by molar-refractivity contribution is -0.122. The van der Waals surface area contributed by atoms with Crippen molar-refractivity contribution in [3.05, 3.63) is 42.5 Å². The Kier molecular flexibility index (Phi) is 6.61. The molecule has 1 aliphatic rings. The number of hydrogen-bond acceptors (Lipinski definition) is 7. The van der Waals surface area contributed by atoms with Crippen LogP contribution in [0.5, 0.6) is 17.2 Å². The number of aliphatic imine (C=N–C) groups is 1. The molecule has 2 aromatic carbocycles. The van der Waals surface area contributed by atoms with Crippen LogP contribution in [0.4, 0.5) is 11.4 Å². The molecular formula is C20H21N3O5S. The molecule has 1 heterocycles. The van der Waals surface area contributed by atoms with E-state index in [9.17, 15) is 9.59 Å². The highest BCUT2D eigenvalue weighted by Crippen LogP contribution is 2.30. The second kappa shape index (κ2) is 9.33. The molecule has 0 spiro atoms. The van der Waals surface area contributed by atoms with Crippen LogP contribution < -0.4 is 24.8 Å². The summed E-state index contributed by atoms with van der Waals surface area (Å²) in [6.45, 7) is 0. The number of hydrogen-bond donors (Lipinski definition) is 2. The third-order valence-corrected chi connectivity index (χ3v) is 5.19. The van der Waals surface area contributed by atoms with Crippen molar-refractivity contribution in [2.24, 2.45) is 4.99 Å². The molecule has 9 heteroatoms. The van der Waals surface area contributed by atoms with Crippen molar-refractivity contribution in [3.8, 4) is 17.2 Å².